The van der Waals surface area contributed by atoms with Crippen LogP contribution >= 0.6 is 0 Å². The van der Waals surface area contributed by atoms with E-state index in [1.54, 1.807) is 0 Å². The molecule has 102 valence electrons. The molecule has 3 heteroatoms. The van der Waals surface area contributed by atoms with E-state index in [0.29, 0.717) is 5.56 Å². The zero-order chi connectivity index (χ0) is 14.4. The van der Waals surface area contributed by atoms with Crippen LogP contribution in [0.3, 0.4) is 0 Å². The number of nitrogens with two attached hydrogens (primary N) is 1. The molecule has 0 heterocycles. The second-order valence-corrected chi connectivity index (χ2v) is 4.83. The third kappa shape index (κ3) is 3.52. The molecule has 0 aliphatic heterocycles. The summed E-state index contributed by atoms with van der Waals surface area (Å²) in [6.07, 6.45) is 1.06. The standard InChI is InChI=1S/C17H19N3/c1-2-9-20(17-8-4-7-16(19)11-17)13-15-6-3-5-14(10-15)12-18/h3-8,10-11H,2,9,13,19H2,1H3. The molecule has 0 unspecified atom stereocenters. The van der Waals surface area contributed by atoms with Crippen LogP contribution in [0.2, 0.25) is 0 Å². The predicted octanol–water partition coefficient (Wildman–Crippen LogP) is 3.56. The Kier molecular flexibility index (Phi) is 4.62. The van der Waals surface area contributed by atoms with E-state index in [1.807, 2.05) is 36.4 Å². The van der Waals surface area contributed by atoms with Crippen molar-refractivity contribution < 1.29 is 0 Å². The molecule has 0 aliphatic carbocycles. The Balaban J connectivity index is 2.23. The smallest absolute Gasteiger partial charge is 0.0991 e. The van der Waals surface area contributed by atoms with Crippen molar-refractivity contribution in [3.63, 3.8) is 0 Å². The summed E-state index contributed by atoms with van der Waals surface area (Å²) in [6.45, 7) is 3.90. The number of hydrogen-bond donors (Lipinski definition) is 1. The SMILES string of the molecule is CCCN(Cc1cccc(C#N)c1)c1cccc(N)c1. The Hall–Kier alpha value is -2.47. The molecule has 3 nitrogen and oxygen atoms in total. The number of anilines is 2. The molecule has 0 radical (unpaired) electrons. The largest absolute Gasteiger partial charge is 0.399 e. The van der Waals surface area contributed by atoms with Crippen molar-refractivity contribution in [2.24, 2.45) is 0 Å². The maximum Gasteiger partial charge on any atom is 0.0991 e. The van der Waals surface area contributed by atoms with Gasteiger partial charge in [-0.2, -0.15) is 5.26 Å². The van der Waals surface area contributed by atoms with Gasteiger partial charge in [0.25, 0.3) is 0 Å². The third-order valence-corrected chi connectivity index (χ3v) is 3.16. The number of nitriles is 1. The first-order chi connectivity index (χ1) is 9.72. The number of rotatable bonds is 5. The van der Waals surface area contributed by atoms with Crippen LogP contribution in [0.15, 0.2) is 48.5 Å². The summed E-state index contributed by atoms with van der Waals surface area (Å²) in [4.78, 5) is 2.28. The van der Waals surface area contributed by atoms with Crippen molar-refractivity contribution in [3.8, 4) is 6.07 Å². The van der Waals surface area contributed by atoms with Crippen LogP contribution < -0.4 is 10.6 Å². The third-order valence-electron chi connectivity index (χ3n) is 3.16. The zero-order valence-electron chi connectivity index (χ0n) is 11.7. The van der Waals surface area contributed by atoms with Gasteiger partial charge in [-0.3, -0.25) is 0 Å². The van der Waals surface area contributed by atoms with Crippen molar-refractivity contribution >= 4 is 11.4 Å². The van der Waals surface area contributed by atoms with Crippen LogP contribution in [0.25, 0.3) is 0 Å². The van der Waals surface area contributed by atoms with Gasteiger partial charge < -0.3 is 10.6 Å². The van der Waals surface area contributed by atoms with Crippen LogP contribution in [0.5, 0.6) is 0 Å². The molecule has 0 saturated heterocycles. The normalized spacial score (nSPS) is 10.0. The van der Waals surface area contributed by atoms with E-state index in [9.17, 15) is 0 Å². The fourth-order valence-corrected chi connectivity index (χ4v) is 2.25. The number of benzene rings is 2. The van der Waals surface area contributed by atoms with E-state index in [1.165, 1.54) is 0 Å². The van der Waals surface area contributed by atoms with Gasteiger partial charge in [0.05, 0.1) is 11.6 Å². The van der Waals surface area contributed by atoms with Crippen molar-refractivity contribution in [2.45, 2.75) is 19.9 Å². The fraction of sp³-hybridized carbons (Fsp3) is 0.235. The molecule has 2 aromatic rings. The molecule has 0 fully saturated rings. The minimum atomic E-state index is 0.700. The molecular weight excluding hydrogens is 246 g/mol. The highest BCUT2D eigenvalue weighted by Crippen LogP contribution is 2.20. The first-order valence-corrected chi connectivity index (χ1v) is 6.82. The molecule has 2 N–H and O–H groups in total. The fourth-order valence-electron chi connectivity index (χ4n) is 2.25. The molecule has 0 saturated carbocycles. The van der Waals surface area contributed by atoms with Crippen molar-refractivity contribution in [3.05, 3.63) is 59.7 Å². The molecule has 0 aliphatic rings. The van der Waals surface area contributed by atoms with E-state index >= 15 is 0 Å². The average Bonchev–Trinajstić information content (AvgIpc) is 2.47. The van der Waals surface area contributed by atoms with Gasteiger partial charge in [-0.15, -0.1) is 0 Å². The Morgan fingerprint density at radius 2 is 1.95 bits per heavy atom. The van der Waals surface area contributed by atoms with Crippen molar-refractivity contribution in [1.29, 1.82) is 5.26 Å². The number of nitrogen functional groups attached to an aromatic ring is 1. The second kappa shape index (κ2) is 6.63. The first-order valence-electron chi connectivity index (χ1n) is 6.82. The molecule has 0 aromatic heterocycles. The minimum Gasteiger partial charge on any atom is -0.399 e. The number of hydrogen-bond acceptors (Lipinski definition) is 3. The summed E-state index contributed by atoms with van der Waals surface area (Å²) in [7, 11) is 0. The maximum atomic E-state index is 8.97. The van der Waals surface area contributed by atoms with Gasteiger partial charge in [-0.25, -0.2) is 0 Å². The van der Waals surface area contributed by atoms with Gasteiger partial charge in [-0.05, 0) is 42.3 Å². The summed E-state index contributed by atoms with van der Waals surface area (Å²) >= 11 is 0. The van der Waals surface area contributed by atoms with Crippen LogP contribution in [0, 0.1) is 11.3 Å². The Morgan fingerprint density at radius 1 is 1.15 bits per heavy atom. The number of nitrogens with zero attached hydrogens (tertiary/aromatic N) is 2. The van der Waals surface area contributed by atoms with E-state index in [-0.39, 0.29) is 0 Å². The first kappa shape index (κ1) is 14.0. The van der Waals surface area contributed by atoms with Gasteiger partial charge in [-0.1, -0.05) is 25.1 Å². The average molecular weight is 265 g/mol. The summed E-state index contributed by atoms with van der Waals surface area (Å²) < 4.78 is 0. The molecule has 2 aromatic carbocycles. The van der Waals surface area contributed by atoms with Gasteiger partial charge in [0, 0.05) is 24.5 Å². The summed E-state index contributed by atoms with van der Waals surface area (Å²) in [6, 6.07) is 17.9. The van der Waals surface area contributed by atoms with Crippen LogP contribution in [0.4, 0.5) is 11.4 Å². The summed E-state index contributed by atoms with van der Waals surface area (Å²) in [5.41, 5.74) is 9.59. The summed E-state index contributed by atoms with van der Waals surface area (Å²) in [5, 5.41) is 8.97. The van der Waals surface area contributed by atoms with E-state index in [2.05, 4.69) is 30.0 Å². The highest BCUT2D eigenvalue weighted by molar-refractivity contribution is 5.56. The highest BCUT2D eigenvalue weighted by atomic mass is 15.1. The quantitative estimate of drug-likeness (QED) is 0.841. The molecule has 20 heavy (non-hydrogen) atoms. The lowest BCUT2D eigenvalue weighted by Gasteiger charge is -2.25. The lowest BCUT2D eigenvalue weighted by molar-refractivity contribution is 0.767. The maximum absolute atomic E-state index is 8.97. The monoisotopic (exact) mass is 265 g/mol. The topological polar surface area (TPSA) is 53.0 Å². The van der Waals surface area contributed by atoms with Gasteiger partial charge >= 0.3 is 0 Å². The highest BCUT2D eigenvalue weighted by Gasteiger charge is 2.07. The van der Waals surface area contributed by atoms with Crippen LogP contribution in [0.1, 0.15) is 24.5 Å². The molecule has 0 bridgehead atoms. The second-order valence-electron chi connectivity index (χ2n) is 4.83. The van der Waals surface area contributed by atoms with E-state index in [0.717, 1.165) is 36.4 Å². The van der Waals surface area contributed by atoms with Crippen molar-refractivity contribution in [1.82, 2.24) is 0 Å². The predicted molar refractivity (Wildman–Crippen MR) is 83.4 cm³/mol. The van der Waals surface area contributed by atoms with Crippen LogP contribution in [-0.4, -0.2) is 6.54 Å². The molecular formula is C17H19N3. The lowest BCUT2D eigenvalue weighted by Crippen LogP contribution is -2.23. The summed E-state index contributed by atoms with van der Waals surface area (Å²) in [5.74, 6) is 0. The van der Waals surface area contributed by atoms with E-state index in [4.69, 9.17) is 11.0 Å². The minimum absolute atomic E-state index is 0.700. The van der Waals surface area contributed by atoms with Gasteiger partial charge in [0.2, 0.25) is 0 Å². The molecule has 0 amide bonds. The Bertz CT molecular complexity index is 614. The van der Waals surface area contributed by atoms with Gasteiger partial charge in [0.1, 0.15) is 0 Å². The van der Waals surface area contributed by atoms with Crippen molar-refractivity contribution in [2.75, 3.05) is 17.2 Å². The lowest BCUT2D eigenvalue weighted by atomic mass is 10.1. The molecule has 0 atom stereocenters. The Morgan fingerprint density at radius 3 is 2.65 bits per heavy atom. The van der Waals surface area contributed by atoms with E-state index < -0.39 is 0 Å². The Labute approximate surface area is 120 Å². The molecule has 2 rings (SSSR count). The zero-order valence-corrected chi connectivity index (χ0v) is 11.7. The molecule has 0 spiro atoms. The van der Waals surface area contributed by atoms with Gasteiger partial charge in [0.15, 0.2) is 0 Å². The van der Waals surface area contributed by atoms with Crippen LogP contribution in [-0.2, 0) is 6.54 Å².